The largest absolute Gasteiger partial charge is 0.494 e. The van der Waals surface area contributed by atoms with Crippen LogP contribution in [0, 0.1) is 17.7 Å². The fraction of sp³-hybridized carbons (Fsp3) is 0.400. The Balaban J connectivity index is 0.807. The van der Waals surface area contributed by atoms with E-state index < -0.39 is 30.8 Å². The number of amides is 3. The minimum absolute atomic E-state index is 0.0330. The first kappa shape index (κ1) is 43.1. The molecule has 5 heterocycles. The minimum atomic E-state index is -2.56. The highest BCUT2D eigenvalue weighted by molar-refractivity contribution is 7.70. The number of carbonyl (C=O) groups is 3. The zero-order valence-corrected chi connectivity index (χ0v) is 36.7. The summed E-state index contributed by atoms with van der Waals surface area (Å²) in [5.41, 5.74) is 3.53. The molecule has 14 nitrogen and oxygen atoms in total. The zero-order valence-electron chi connectivity index (χ0n) is 35.0. The number of nitrogens with one attached hydrogen (secondary N) is 3. The van der Waals surface area contributed by atoms with E-state index in [0.29, 0.717) is 62.8 Å². The third-order valence-electron chi connectivity index (χ3n) is 12.1. The molecule has 3 N–H and O–H groups in total. The molecule has 1 unspecified atom stereocenters. The normalized spacial score (nSPS) is 18.9. The van der Waals surface area contributed by atoms with E-state index in [1.165, 1.54) is 17.2 Å². The van der Waals surface area contributed by atoms with Gasteiger partial charge in [-0.1, -0.05) is 35.6 Å². The Kier molecular flexibility index (Phi) is 12.8. The zero-order chi connectivity index (χ0) is 43.5. The molecule has 0 radical (unpaired) electrons. The van der Waals surface area contributed by atoms with E-state index in [4.69, 9.17) is 16.3 Å². The van der Waals surface area contributed by atoms with Crippen LogP contribution in [-0.4, -0.2) is 121 Å². The average molecular weight is 882 g/mol. The molecular formula is C45H50ClFN9O5P. The van der Waals surface area contributed by atoms with E-state index in [2.05, 4.69) is 58.5 Å². The second-order valence-corrected chi connectivity index (χ2v) is 20.0. The number of piperazine rings is 1. The van der Waals surface area contributed by atoms with Crippen molar-refractivity contribution in [2.24, 2.45) is 0 Å². The van der Waals surface area contributed by atoms with Crippen molar-refractivity contribution in [2.45, 2.75) is 50.7 Å². The fourth-order valence-corrected chi connectivity index (χ4v) is 10.0. The maximum Gasteiger partial charge on any atom is 0.258 e. The molecule has 3 aromatic carbocycles. The maximum atomic E-state index is 14.8. The molecule has 0 aliphatic carbocycles. The number of rotatable bonds is 11. The summed E-state index contributed by atoms with van der Waals surface area (Å²) in [6, 6.07) is 16.1. The number of benzene rings is 3. The summed E-state index contributed by atoms with van der Waals surface area (Å²) < 4.78 is 33.5. The van der Waals surface area contributed by atoms with Gasteiger partial charge < -0.3 is 29.7 Å². The summed E-state index contributed by atoms with van der Waals surface area (Å²) in [4.78, 5) is 55.1. The van der Waals surface area contributed by atoms with Crippen LogP contribution >= 0.6 is 18.7 Å². The number of piperidine rings is 2. The number of halogens is 2. The van der Waals surface area contributed by atoms with Crippen LogP contribution in [0.25, 0.3) is 0 Å². The molecular weight excluding hydrogens is 832 g/mol. The van der Waals surface area contributed by atoms with Crippen molar-refractivity contribution in [2.75, 3.05) is 81.8 Å². The number of para-hydroxylation sites is 1. The monoisotopic (exact) mass is 881 g/mol. The molecule has 0 saturated carbocycles. The van der Waals surface area contributed by atoms with Gasteiger partial charge in [0.1, 0.15) is 29.8 Å². The molecule has 4 aliphatic heterocycles. The van der Waals surface area contributed by atoms with Gasteiger partial charge in [0.05, 0.1) is 30.2 Å². The Morgan fingerprint density at radius 2 is 1.74 bits per heavy atom. The van der Waals surface area contributed by atoms with Gasteiger partial charge in [-0.15, -0.1) is 0 Å². The van der Waals surface area contributed by atoms with Gasteiger partial charge in [-0.05, 0) is 69.0 Å². The Morgan fingerprint density at radius 1 is 0.968 bits per heavy atom. The third kappa shape index (κ3) is 9.44. The first-order valence-corrected chi connectivity index (χ1v) is 23.9. The minimum Gasteiger partial charge on any atom is -0.494 e. The Morgan fingerprint density at radius 3 is 2.48 bits per heavy atom. The number of nitrogens with zero attached hydrogens (tertiary/aromatic N) is 6. The summed E-state index contributed by atoms with van der Waals surface area (Å²) >= 11 is 6.48. The molecule has 4 aliphatic rings. The Labute approximate surface area is 365 Å². The molecule has 3 saturated heterocycles. The standard InChI is InChI=1S/C45H50ClFN9O5P/c1-61-38-26-31(12-14-35(38)50-45-48-27-33(46)42(52-45)49-36-9-4-5-10-39(36)62(2,3)60)54-20-17-30(18-21-54)55-24-22-53(23-25-55)19-7-6-8-29-11-13-34(47)41-32(29)28-56(44(41)59)37-15-16-40(57)51-43(37)58/h4-5,9-14,26-27,30,37H,7,15-25,28H2,1-3H3,(H,51,57,58)(H2,48,49,50,52). The summed E-state index contributed by atoms with van der Waals surface area (Å²) in [6.45, 7) is 10.1. The molecule has 324 valence electrons. The van der Waals surface area contributed by atoms with Crippen molar-refractivity contribution in [1.29, 1.82) is 0 Å². The molecule has 4 aromatic rings. The predicted molar refractivity (Wildman–Crippen MR) is 239 cm³/mol. The number of ether oxygens (including phenoxy) is 1. The van der Waals surface area contributed by atoms with Crippen LogP contribution < -0.4 is 30.9 Å². The highest BCUT2D eigenvalue weighted by Crippen LogP contribution is 2.39. The number of aromatic nitrogens is 2. The SMILES string of the molecule is COc1cc(N2CCC(N3CCN(CCC#Cc4ccc(F)c5c4CN(C4CCC(=O)NC4=O)C5=O)CC3)CC2)ccc1Nc1ncc(Cl)c(Nc2ccccc2P(C)(C)=O)n1. The summed E-state index contributed by atoms with van der Waals surface area (Å²) in [5.74, 6) is 5.73. The van der Waals surface area contributed by atoms with Crippen LogP contribution in [0.4, 0.5) is 33.2 Å². The molecule has 0 spiro atoms. The van der Waals surface area contributed by atoms with Gasteiger partial charge >= 0.3 is 0 Å². The lowest BCUT2D eigenvalue weighted by Crippen LogP contribution is -2.53. The second kappa shape index (κ2) is 18.4. The van der Waals surface area contributed by atoms with Crippen molar-refractivity contribution >= 4 is 70.6 Å². The predicted octanol–water partition coefficient (Wildman–Crippen LogP) is 5.80. The lowest BCUT2D eigenvalue weighted by Gasteiger charge is -2.43. The molecule has 3 fully saturated rings. The van der Waals surface area contributed by atoms with E-state index in [1.54, 1.807) is 26.5 Å². The van der Waals surface area contributed by atoms with Crippen LogP contribution in [0.15, 0.2) is 60.8 Å². The summed E-state index contributed by atoms with van der Waals surface area (Å²) in [7, 11) is -0.914. The van der Waals surface area contributed by atoms with Crippen LogP contribution in [0.5, 0.6) is 5.75 Å². The van der Waals surface area contributed by atoms with Gasteiger partial charge in [-0.3, -0.25) is 29.5 Å². The van der Waals surface area contributed by atoms with Gasteiger partial charge in [0.25, 0.3) is 5.91 Å². The molecule has 8 rings (SSSR count). The topological polar surface area (TPSA) is 152 Å². The first-order valence-electron chi connectivity index (χ1n) is 20.9. The van der Waals surface area contributed by atoms with Crippen LogP contribution in [0.1, 0.15) is 53.6 Å². The fourth-order valence-electron chi connectivity index (χ4n) is 8.75. The van der Waals surface area contributed by atoms with Crippen molar-refractivity contribution in [3.8, 4) is 17.6 Å². The number of carbonyl (C=O) groups excluding carboxylic acids is 3. The third-order valence-corrected chi connectivity index (χ3v) is 13.9. The van der Waals surface area contributed by atoms with E-state index in [-0.39, 0.29) is 30.9 Å². The first-order chi connectivity index (χ1) is 29.9. The van der Waals surface area contributed by atoms with E-state index in [1.807, 2.05) is 36.4 Å². The molecule has 3 amide bonds. The van der Waals surface area contributed by atoms with E-state index in [9.17, 15) is 23.3 Å². The van der Waals surface area contributed by atoms with E-state index in [0.717, 1.165) is 64.3 Å². The van der Waals surface area contributed by atoms with Crippen LogP contribution in [0.3, 0.4) is 0 Å². The summed E-state index contributed by atoms with van der Waals surface area (Å²) in [6.07, 6.45) is 4.63. The maximum absolute atomic E-state index is 14.8. The van der Waals surface area contributed by atoms with Gasteiger partial charge in [-0.25, -0.2) is 9.37 Å². The van der Waals surface area contributed by atoms with Crippen LogP contribution in [0.2, 0.25) is 5.02 Å². The molecule has 62 heavy (non-hydrogen) atoms. The highest BCUT2D eigenvalue weighted by Gasteiger charge is 2.41. The number of fused-ring (bicyclic) bond motifs is 1. The average Bonchev–Trinajstić information content (AvgIpc) is 3.61. The Hall–Kier alpha value is -5.52. The Bertz CT molecular complexity index is 2490. The number of hydrogen-bond donors (Lipinski definition) is 3. The van der Waals surface area contributed by atoms with E-state index >= 15 is 0 Å². The quantitative estimate of drug-likeness (QED) is 0.0949. The van der Waals surface area contributed by atoms with Gasteiger partial charge in [0.2, 0.25) is 17.8 Å². The molecule has 17 heteroatoms. The molecule has 0 bridgehead atoms. The number of anilines is 5. The van der Waals surface area contributed by atoms with Crippen molar-refractivity contribution < 1.29 is 28.1 Å². The number of hydrogen-bond acceptors (Lipinski definition) is 12. The van der Waals surface area contributed by atoms with Gasteiger partial charge in [-0.2, -0.15) is 4.98 Å². The molecule has 1 aromatic heterocycles. The summed E-state index contributed by atoms with van der Waals surface area (Å²) in [5, 5.41) is 9.84. The number of methoxy groups -OCH3 is 1. The van der Waals surface area contributed by atoms with Crippen molar-refractivity contribution in [3.05, 3.63) is 88.3 Å². The lowest BCUT2D eigenvalue weighted by atomic mass is 10.0. The smallest absolute Gasteiger partial charge is 0.258 e. The van der Waals surface area contributed by atoms with Crippen molar-refractivity contribution in [3.63, 3.8) is 0 Å². The van der Waals surface area contributed by atoms with Crippen molar-refractivity contribution in [1.82, 2.24) is 30.0 Å². The second-order valence-electron chi connectivity index (χ2n) is 16.4. The van der Waals surface area contributed by atoms with Gasteiger partial charge in [0, 0.05) is 99.4 Å². The molecule has 1 atom stereocenters. The van der Waals surface area contributed by atoms with Crippen LogP contribution in [-0.2, 0) is 20.7 Å². The number of imide groups is 1. The van der Waals surface area contributed by atoms with Gasteiger partial charge in [0.15, 0.2) is 5.82 Å². The highest BCUT2D eigenvalue weighted by atomic mass is 35.5. The lowest BCUT2D eigenvalue weighted by molar-refractivity contribution is -0.136.